The smallest absolute Gasteiger partial charge is 0.100 e. The van der Waals surface area contributed by atoms with Crippen molar-refractivity contribution in [3.63, 3.8) is 0 Å². The monoisotopic (exact) mass is 797 g/mol. The summed E-state index contributed by atoms with van der Waals surface area (Å²) in [6.07, 6.45) is 35.7. The molecule has 14 atom stereocenters. The third-order valence-corrected chi connectivity index (χ3v) is 19.5. The van der Waals surface area contributed by atoms with Crippen molar-refractivity contribution >= 4 is 11.7 Å². The second-order valence-corrected chi connectivity index (χ2v) is 23.2. The first-order valence-electron chi connectivity index (χ1n) is 26.2. The highest BCUT2D eigenvalue weighted by Gasteiger charge is 2.50. The van der Waals surface area contributed by atoms with Gasteiger partial charge in [-0.15, -0.1) is 0 Å². The molecule has 4 aliphatic heterocycles. The van der Waals surface area contributed by atoms with Crippen molar-refractivity contribution in [3.8, 4) is 0 Å². The number of piperazine rings is 2. The van der Waals surface area contributed by atoms with Gasteiger partial charge in [0.1, 0.15) is 11.7 Å². The fourth-order valence-corrected chi connectivity index (χ4v) is 16.1. The fourth-order valence-electron chi connectivity index (χ4n) is 16.1. The summed E-state index contributed by atoms with van der Waals surface area (Å²) < 4.78 is 0. The molecule has 8 heteroatoms. The predicted octanol–water partition coefficient (Wildman–Crippen LogP) is 8.01. The van der Waals surface area contributed by atoms with Crippen LogP contribution in [0.25, 0.3) is 0 Å². The molecule has 2 saturated heterocycles. The number of hydrogen-bond acceptors (Lipinski definition) is 8. The van der Waals surface area contributed by atoms with Crippen LogP contribution in [-0.4, -0.2) is 84.2 Å². The SMILES string of the molecule is CC1CCC2NC(C3CCC(C4NC5CCC(C)CC5NC4C4CCC(C5=NC6CCCCC6N5)CC4)CC3)C(C3CCC(C4=NC5CCCCC5N4)CC3)NC2C1. The van der Waals surface area contributed by atoms with Crippen molar-refractivity contribution < 1.29 is 0 Å². The van der Waals surface area contributed by atoms with Crippen LogP contribution in [0.3, 0.4) is 0 Å². The van der Waals surface area contributed by atoms with E-state index < -0.39 is 0 Å². The van der Waals surface area contributed by atoms with E-state index in [-0.39, 0.29) is 0 Å². The first-order valence-corrected chi connectivity index (χ1v) is 26.2. The lowest BCUT2D eigenvalue weighted by atomic mass is 9.65. The second-order valence-electron chi connectivity index (χ2n) is 23.2. The van der Waals surface area contributed by atoms with E-state index in [1.165, 1.54) is 179 Å². The lowest BCUT2D eigenvalue weighted by molar-refractivity contribution is 0.0372. The zero-order valence-electron chi connectivity index (χ0n) is 36.8. The highest BCUT2D eigenvalue weighted by Crippen LogP contribution is 2.45. The topological polar surface area (TPSA) is 96.9 Å². The Bertz CT molecular complexity index is 1350. The van der Waals surface area contributed by atoms with Gasteiger partial charge in [0.25, 0.3) is 0 Å². The van der Waals surface area contributed by atoms with E-state index in [9.17, 15) is 0 Å². The van der Waals surface area contributed by atoms with Crippen molar-refractivity contribution in [2.75, 3.05) is 0 Å². The van der Waals surface area contributed by atoms with Crippen molar-refractivity contribution in [1.29, 1.82) is 0 Å². The average molecular weight is 797 g/mol. The Morgan fingerprint density at radius 1 is 0.345 bits per heavy atom. The predicted molar refractivity (Wildman–Crippen MR) is 238 cm³/mol. The molecule has 324 valence electrons. The van der Waals surface area contributed by atoms with Crippen molar-refractivity contribution in [1.82, 2.24) is 31.9 Å². The Morgan fingerprint density at radius 3 is 1.07 bits per heavy atom. The van der Waals surface area contributed by atoms with Gasteiger partial charge in [0.15, 0.2) is 0 Å². The van der Waals surface area contributed by atoms with E-state index in [0.717, 1.165) is 35.5 Å². The van der Waals surface area contributed by atoms with Gasteiger partial charge in [0.05, 0.1) is 12.1 Å². The van der Waals surface area contributed by atoms with Crippen LogP contribution in [0.1, 0.15) is 181 Å². The lowest BCUT2D eigenvalue weighted by Crippen LogP contribution is -2.72. The van der Waals surface area contributed by atoms with Gasteiger partial charge in [-0.2, -0.15) is 0 Å². The van der Waals surface area contributed by atoms with Crippen molar-refractivity contribution in [2.24, 2.45) is 57.3 Å². The summed E-state index contributed by atoms with van der Waals surface area (Å²) in [6, 6.07) is 7.70. The maximum Gasteiger partial charge on any atom is 0.100 e. The summed E-state index contributed by atoms with van der Waals surface area (Å²) in [7, 11) is 0. The van der Waals surface area contributed by atoms with Crippen LogP contribution in [0.15, 0.2) is 9.98 Å². The summed E-state index contributed by atoms with van der Waals surface area (Å²) in [4.78, 5) is 10.6. The maximum atomic E-state index is 5.32. The molecule has 58 heavy (non-hydrogen) atoms. The Morgan fingerprint density at radius 2 is 0.690 bits per heavy atom. The van der Waals surface area contributed by atoms with E-state index in [2.05, 4.69) is 45.7 Å². The summed E-state index contributed by atoms with van der Waals surface area (Å²) in [5.41, 5.74) is 0. The zero-order chi connectivity index (χ0) is 38.7. The fraction of sp³-hybridized carbons (Fsp3) is 0.960. The quantitative estimate of drug-likeness (QED) is 0.163. The average Bonchev–Trinajstić information content (AvgIpc) is 3.91. The number of nitrogens with zero attached hydrogens (tertiary/aromatic N) is 2. The highest BCUT2D eigenvalue weighted by atomic mass is 15.2. The van der Waals surface area contributed by atoms with Crippen LogP contribution >= 0.6 is 0 Å². The van der Waals surface area contributed by atoms with Crippen molar-refractivity contribution in [2.45, 2.75) is 253 Å². The maximum absolute atomic E-state index is 5.32. The van der Waals surface area contributed by atoms with Crippen LogP contribution in [0, 0.1) is 47.3 Å². The molecule has 6 N–H and O–H groups in total. The molecule has 0 spiro atoms. The van der Waals surface area contributed by atoms with Crippen molar-refractivity contribution in [3.05, 3.63) is 0 Å². The molecule has 9 fully saturated rings. The first kappa shape index (κ1) is 39.6. The van der Waals surface area contributed by atoms with E-state index in [1.807, 2.05) is 0 Å². The molecule has 0 aromatic carbocycles. The highest BCUT2D eigenvalue weighted by molar-refractivity contribution is 5.87. The molecule has 0 aromatic rings. The molecule has 7 saturated carbocycles. The Balaban J connectivity index is 0.750. The first-order chi connectivity index (χ1) is 28.5. The van der Waals surface area contributed by atoms with Gasteiger partial charge in [-0.1, -0.05) is 39.5 Å². The minimum atomic E-state index is 0.576. The molecule has 11 rings (SSSR count). The minimum Gasteiger partial charge on any atom is -0.369 e. The van der Waals surface area contributed by atoms with Gasteiger partial charge in [0.2, 0.25) is 0 Å². The largest absolute Gasteiger partial charge is 0.369 e. The second kappa shape index (κ2) is 17.2. The van der Waals surface area contributed by atoms with E-state index in [1.54, 1.807) is 0 Å². The number of aliphatic imine (C=N–C) groups is 2. The molecule has 0 radical (unpaired) electrons. The minimum absolute atomic E-state index is 0.576. The van der Waals surface area contributed by atoms with E-state index in [0.29, 0.717) is 84.3 Å². The molecule has 4 heterocycles. The summed E-state index contributed by atoms with van der Waals surface area (Å²) in [6.45, 7) is 5.02. The normalized spacial score (nSPS) is 52.1. The molecular formula is C50H84N8. The molecule has 0 bridgehead atoms. The van der Waals surface area contributed by atoms with Gasteiger partial charge >= 0.3 is 0 Å². The molecule has 0 amide bonds. The Labute approximate surface area is 353 Å². The van der Waals surface area contributed by atoms with Gasteiger partial charge in [-0.25, -0.2) is 0 Å². The third kappa shape index (κ3) is 7.99. The number of fused-ring (bicyclic) bond motifs is 4. The molecule has 7 aliphatic carbocycles. The lowest BCUT2D eigenvalue weighted by Gasteiger charge is -2.55. The van der Waals surface area contributed by atoms with E-state index in [4.69, 9.17) is 9.98 Å². The molecule has 8 nitrogen and oxygen atoms in total. The summed E-state index contributed by atoms with van der Waals surface area (Å²) in [5, 5.41) is 25.9. The summed E-state index contributed by atoms with van der Waals surface area (Å²) >= 11 is 0. The van der Waals surface area contributed by atoms with Crippen LogP contribution in [0.2, 0.25) is 0 Å². The number of nitrogens with one attached hydrogen (secondary N) is 6. The van der Waals surface area contributed by atoms with Crippen LogP contribution in [-0.2, 0) is 0 Å². The molecule has 0 aromatic heterocycles. The van der Waals surface area contributed by atoms with Gasteiger partial charge in [0, 0.05) is 72.3 Å². The van der Waals surface area contributed by atoms with Crippen LogP contribution in [0.5, 0.6) is 0 Å². The number of hydrogen-bond donors (Lipinski definition) is 6. The van der Waals surface area contributed by atoms with Gasteiger partial charge in [-0.3, -0.25) is 9.98 Å². The van der Waals surface area contributed by atoms with Gasteiger partial charge in [-0.05, 0) is 177 Å². The van der Waals surface area contributed by atoms with Crippen LogP contribution < -0.4 is 31.9 Å². The van der Waals surface area contributed by atoms with Crippen LogP contribution in [0.4, 0.5) is 0 Å². The summed E-state index contributed by atoms with van der Waals surface area (Å²) in [5.74, 6) is 9.12. The number of amidine groups is 2. The van der Waals surface area contributed by atoms with E-state index >= 15 is 0 Å². The van der Waals surface area contributed by atoms with Gasteiger partial charge < -0.3 is 31.9 Å². The number of rotatable bonds is 6. The Kier molecular flexibility index (Phi) is 11.7. The zero-order valence-corrected chi connectivity index (χ0v) is 36.8. The third-order valence-electron chi connectivity index (χ3n) is 19.5. The molecular weight excluding hydrogens is 713 g/mol. The standard InChI is InChI=1S/C50H84N8/c1-29-11-25-41-43(27-29)53-47(33-17-21-35(22-18-33)49-55-37-7-3-4-8-38(37)56-49)45(51-41)31-13-15-32(16-14-31)46-48(54-44-28-30(2)12-26-42(44)52-46)34-19-23-36(24-20-34)50-57-39-9-5-6-10-40(39)58-50/h29-48,51-54H,3-28H2,1-2H3,(H,55,56)(H,57,58). The molecule has 14 unspecified atom stereocenters. The molecule has 11 aliphatic rings. The Hall–Kier alpha value is -1.22.